The van der Waals surface area contributed by atoms with Gasteiger partial charge in [0.1, 0.15) is 5.75 Å². The summed E-state index contributed by atoms with van der Waals surface area (Å²) < 4.78 is 44.1. The Bertz CT molecular complexity index is 1320. The van der Waals surface area contributed by atoms with E-state index < -0.39 is 28.7 Å². The van der Waals surface area contributed by atoms with Crippen molar-refractivity contribution in [3.8, 4) is 16.9 Å². The zero-order chi connectivity index (χ0) is 26.6. The van der Waals surface area contributed by atoms with Crippen molar-refractivity contribution in [2.75, 3.05) is 18.5 Å². The van der Waals surface area contributed by atoms with Crippen molar-refractivity contribution >= 4 is 40.6 Å². The van der Waals surface area contributed by atoms with Crippen LogP contribution < -0.4 is 9.64 Å². The Balaban J connectivity index is 1.91. The van der Waals surface area contributed by atoms with Gasteiger partial charge in [-0.3, -0.25) is 19.3 Å². The molecule has 0 radical (unpaired) electrons. The van der Waals surface area contributed by atoms with Crippen molar-refractivity contribution in [2.24, 2.45) is 0 Å². The average molecular weight is 519 g/mol. The standard InChI is InChI=1S/C26H25F3N2O4S/c1-6-31-19-12-16(14(2)9-18(19)25(3,4)13-22(31)32)17-10-15(7-8-20(17)35-26(27,28)29)11-21-23(33)30(5)24(34)36-21/h7-12H,6,13H2,1-5H3. The Morgan fingerprint density at radius 1 is 1.11 bits per heavy atom. The molecule has 0 saturated carbocycles. The van der Waals surface area contributed by atoms with E-state index in [0.29, 0.717) is 35.3 Å². The van der Waals surface area contributed by atoms with E-state index in [0.717, 1.165) is 22.2 Å². The number of anilines is 1. The van der Waals surface area contributed by atoms with Crippen molar-refractivity contribution in [3.63, 3.8) is 0 Å². The fourth-order valence-electron chi connectivity index (χ4n) is 4.56. The maximum Gasteiger partial charge on any atom is 0.573 e. The predicted octanol–water partition coefficient (Wildman–Crippen LogP) is 6.26. The fourth-order valence-corrected chi connectivity index (χ4v) is 5.39. The molecule has 2 heterocycles. The summed E-state index contributed by atoms with van der Waals surface area (Å²) in [6.07, 6.45) is -3.12. The second kappa shape index (κ2) is 8.99. The highest BCUT2D eigenvalue weighted by Crippen LogP contribution is 2.45. The zero-order valence-electron chi connectivity index (χ0n) is 20.4. The lowest BCUT2D eigenvalue weighted by atomic mass is 9.75. The maximum atomic E-state index is 13.3. The topological polar surface area (TPSA) is 66.9 Å². The quantitative estimate of drug-likeness (QED) is 0.447. The Hall–Kier alpha value is -3.27. The summed E-state index contributed by atoms with van der Waals surface area (Å²) in [5.74, 6) is -0.942. The molecule has 4 rings (SSSR count). The van der Waals surface area contributed by atoms with Gasteiger partial charge in [-0.15, -0.1) is 13.2 Å². The molecule has 0 unspecified atom stereocenters. The summed E-state index contributed by atoms with van der Waals surface area (Å²) in [6.45, 7) is 8.00. The van der Waals surface area contributed by atoms with E-state index >= 15 is 0 Å². The molecule has 2 aliphatic heterocycles. The number of thioether (sulfide) groups is 1. The van der Waals surface area contributed by atoms with Crippen LogP contribution in [0.2, 0.25) is 0 Å². The SMILES string of the molecule is CCN1C(=O)CC(C)(C)c2cc(C)c(-c3cc(C=C4SC(=O)N(C)C4=O)ccc3OC(F)(F)F)cc21. The Morgan fingerprint density at radius 3 is 2.39 bits per heavy atom. The Kier molecular flexibility index (Phi) is 6.45. The van der Waals surface area contributed by atoms with E-state index in [9.17, 15) is 27.6 Å². The minimum Gasteiger partial charge on any atom is -0.405 e. The molecule has 0 spiro atoms. The van der Waals surface area contributed by atoms with E-state index in [-0.39, 0.29) is 16.4 Å². The van der Waals surface area contributed by atoms with Gasteiger partial charge in [0.15, 0.2) is 0 Å². The van der Waals surface area contributed by atoms with Crippen LogP contribution in [-0.2, 0) is 15.0 Å². The van der Waals surface area contributed by atoms with Crippen LogP contribution in [0.4, 0.5) is 23.7 Å². The second-order valence-electron chi connectivity index (χ2n) is 9.43. The molecule has 0 bridgehead atoms. The minimum atomic E-state index is -4.92. The summed E-state index contributed by atoms with van der Waals surface area (Å²) in [7, 11) is 1.36. The highest BCUT2D eigenvalue weighted by molar-refractivity contribution is 8.18. The molecule has 1 fully saturated rings. The third kappa shape index (κ3) is 4.74. The van der Waals surface area contributed by atoms with E-state index in [4.69, 9.17) is 0 Å². The van der Waals surface area contributed by atoms with Gasteiger partial charge in [0.2, 0.25) is 5.91 Å². The number of imide groups is 1. The van der Waals surface area contributed by atoms with Crippen LogP contribution in [0.5, 0.6) is 5.75 Å². The number of hydrogen-bond donors (Lipinski definition) is 0. The summed E-state index contributed by atoms with van der Waals surface area (Å²) >= 11 is 0.761. The number of benzene rings is 2. The number of alkyl halides is 3. The van der Waals surface area contributed by atoms with Gasteiger partial charge in [0.05, 0.1) is 4.91 Å². The summed E-state index contributed by atoms with van der Waals surface area (Å²) in [5, 5.41) is -0.430. The lowest BCUT2D eigenvalue weighted by Crippen LogP contribution is -2.41. The summed E-state index contributed by atoms with van der Waals surface area (Å²) in [6, 6.07) is 7.72. The zero-order valence-corrected chi connectivity index (χ0v) is 21.3. The van der Waals surface area contributed by atoms with Crippen molar-refractivity contribution in [2.45, 2.75) is 45.9 Å². The molecular formula is C26H25F3N2O4S. The predicted molar refractivity (Wildman–Crippen MR) is 133 cm³/mol. The van der Waals surface area contributed by atoms with Gasteiger partial charge in [-0.2, -0.15) is 0 Å². The monoisotopic (exact) mass is 518 g/mol. The number of carbonyl (C=O) groups excluding carboxylic acids is 3. The first-order chi connectivity index (χ1) is 16.7. The number of aryl methyl sites for hydroxylation is 1. The number of amides is 3. The molecule has 0 atom stereocenters. The molecule has 190 valence electrons. The van der Waals surface area contributed by atoms with Gasteiger partial charge < -0.3 is 9.64 Å². The van der Waals surface area contributed by atoms with Crippen LogP contribution in [0.25, 0.3) is 17.2 Å². The number of fused-ring (bicyclic) bond motifs is 1. The lowest BCUT2D eigenvalue weighted by Gasteiger charge is -2.39. The number of carbonyl (C=O) groups is 3. The van der Waals surface area contributed by atoms with Crippen molar-refractivity contribution in [1.82, 2.24) is 4.90 Å². The minimum absolute atomic E-state index is 0.0550. The van der Waals surface area contributed by atoms with Crippen LogP contribution in [0.3, 0.4) is 0 Å². The van der Waals surface area contributed by atoms with Crippen LogP contribution in [-0.4, -0.2) is 41.9 Å². The third-order valence-electron chi connectivity index (χ3n) is 6.38. The Labute approximate surface area is 211 Å². The molecule has 6 nitrogen and oxygen atoms in total. The fraction of sp³-hybridized carbons (Fsp3) is 0.346. The van der Waals surface area contributed by atoms with Crippen LogP contribution >= 0.6 is 11.8 Å². The molecular weight excluding hydrogens is 493 g/mol. The smallest absolute Gasteiger partial charge is 0.405 e. The molecule has 2 aliphatic rings. The van der Waals surface area contributed by atoms with Crippen molar-refractivity contribution in [1.29, 1.82) is 0 Å². The van der Waals surface area contributed by atoms with Gasteiger partial charge in [-0.1, -0.05) is 26.0 Å². The number of ether oxygens (including phenoxy) is 1. The molecule has 10 heteroatoms. The molecule has 2 aromatic carbocycles. The normalized spacial score (nSPS) is 18.8. The number of rotatable bonds is 4. The number of nitrogens with zero attached hydrogens (tertiary/aromatic N) is 2. The first kappa shape index (κ1) is 25.8. The molecule has 0 N–H and O–H groups in total. The van der Waals surface area contributed by atoms with E-state index in [2.05, 4.69) is 4.74 Å². The van der Waals surface area contributed by atoms with Crippen molar-refractivity contribution < 1.29 is 32.3 Å². The largest absolute Gasteiger partial charge is 0.573 e. The number of halogens is 3. The van der Waals surface area contributed by atoms with Crippen LogP contribution in [0, 0.1) is 6.92 Å². The first-order valence-electron chi connectivity index (χ1n) is 11.3. The third-order valence-corrected chi connectivity index (χ3v) is 7.34. The lowest BCUT2D eigenvalue weighted by molar-refractivity contribution is -0.274. The van der Waals surface area contributed by atoms with Gasteiger partial charge in [-0.05, 0) is 72.1 Å². The van der Waals surface area contributed by atoms with Gasteiger partial charge >= 0.3 is 6.36 Å². The van der Waals surface area contributed by atoms with E-state index in [1.54, 1.807) is 17.9 Å². The maximum absolute atomic E-state index is 13.3. The van der Waals surface area contributed by atoms with E-state index in [1.807, 2.05) is 26.8 Å². The molecule has 3 amide bonds. The summed E-state index contributed by atoms with van der Waals surface area (Å²) in [4.78, 5) is 39.7. The average Bonchev–Trinajstić information content (AvgIpc) is 3.00. The highest BCUT2D eigenvalue weighted by atomic mass is 32.2. The molecule has 0 aliphatic carbocycles. The van der Waals surface area contributed by atoms with Crippen LogP contribution in [0.1, 0.15) is 43.9 Å². The van der Waals surface area contributed by atoms with E-state index in [1.165, 1.54) is 31.3 Å². The molecule has 0 aromatic heterocycles. The van der Waals surface area contributed by atoms with Crippen LogP contribution in [0.15, 0.2) is 35.2 Å². The first-order valence-corrected chi connectivity index (χ1v) is 12.1. The highest BCUT2D eigenvalue weighted by Gasteiger charge is 2.38. The second-order valence-corrected chi connectivity index (χ2v) is 10.4. The van der Waals surface area contributed by atoms with Gasteiger partial charge in [-0.25, -0.2) is 0 Å². The number of hydrogen-bond acceptors (Lipinski definition) is 5. The summed E-state index contributed by atoms with van der Waals surface area (Å²) in [5.41, 5.74) is 2.92. The molecule has 36 heavy (non-hydrogen) atoms. The van der Waals surface area contributed by atoms with Gasteiger partial charge in [0, 0.05) is 36.7 Å². The van der Waals surface area contributed by atoms with Crippen molar-refractivity contribution in [3.05, 3.63) is 51.9 Å². The number of likely N-dealkylation sites (N-methyl/N-ethyl adjacent to an activating group) is 1. The van der Waals surface area contributed by atoms with Gasteiger partial charge in [0.25, 0.3) is 11.1 Å². The Morgan fingerprint density at radius 2 is 1.81 bits per heavy atom. The molecule has 2 aromatic rings. The molecule has 1 saturated heterocycles.